The van der Waals surface area contributed by atoms with E-state index in [4.69, 9.17) is 0 Å². The number of hydrogen-bond acceptors (Lipinski definition) is 2. The van der Waals surface area contributed by atoms with E-state index in [2.05, 4.69) is 4.98 Å². The van der Waals surface area contributed by atoms with Gasteiger partial charge in [-0.2, -0.15) is 0 Å². The molecule has 0 aromatic carbocycles. The molecule has 0 saturated carbocycles. The Balaban J connectivity index is 0.00000196. The van der Waals surface area contributed by atoms with Crippen LogP contribution in [-0.4, -0.2) is 18.2 Å². The van der Waals surface area contributed by atoms with Gasteiger partial charge < -0.3 is 12.9 Å². The second kappa shape index (κ2) is 6.59. The quantitative estimate of drug-likeness (QED) is 0.515. The summed E-state index contributed by atoms with van der Waals surface area (Å²) in [5.41, 5.74) is 0.509. The second-order valence-corrected chi connectivity index (χ2v) is 2.62. The van der Waals surface area contributed by atoms with Gasteiger partial charge in [0.2, 0.25) is 0 Å². The van der Waals surface area contributed by atoms with Gasteiger partial charge in [0, 0.05) is 11.8 Å². The van der Waals surface area contributed by atoms with Crippen molar-refractivity contribution in [1.82, 2.24) is 4.98 Å². The molecule has 1 rings (SSSR count). The van der Waals surface area contributed by atoms with Crippen molar-refractivity contribution < 1.29 is 69.1 Å². The first-order chi connectivity index (χ1) is 6.51. The van der Waals surface area contributed by atoms with Crippen LogP contribution in [0.3, 0.4) is 0 Å². The van der Waals surface area contributed by atoms with Crippen LogP contribution in [0.4, 0.5) is 12.9 Å². The Morgan fingerprint density at radius 3 is 2.33 bits per heavy atom. The number of carbonyl (C=O) groups is 1. The van der Waals surface area contributed by atoms with E-state index in [0.717, 1.165) is 6.08 Å². The zero-order valence-corrected chi connectivity index (χ0v) is 11.2. The molecule has 0 fully saturated rings. The molecule has 7 heteroatoms. The van der Waals surface area contributed by atoms with E-state index < -0.39 is 6.98 Å². The Bertz CT molecular complexity index is 350. The van der Waals surface area contributed by atoms with Crippen molar-refractivity contribution in [2.24, 2.45) is 0 Å². The van der Waals surface area contributed by atoms with Gasteiger partial charge in [0.1, 0.15) is 0 Å². The minimum Gasteiger partial charge on any atom is -0.445 e. The van der Waals surface area contributed by atoms with E-state index in [1.807, 2.05) is 0 Å². The summed E-state index contributed by atoms with van der Waals surface area (Å²) in [6, 6.07) is 2.76. The minimum atomic E-state index is -4.93. The molecule has 0 radical (unpaired) electrons. The first kappa shape index (κ1) is 15.1. The maximum Gasteiger partial charge on any atom is 1.00 e. The Kier molecular flexibility index (Phi) is 6.62. The van der Waals surface area contributed by atoms with Crippen LogP contribution < -0.4 is 51.4 Å². The van der Waals surface area contributed by atoms with Gasteiger partial charge in [-0.1, -0.05) is 6.08 Å². The summed E-state index contributed by atoms with van der Waals surface area (Å²) in [6.07, 6.45) is 2.67. The molecule has 0 amide bonds. The first-order valence-corrected chi connectivity index (χ1v) is 3.82. The summed E-state index contributed by atoms with van der Waals surface area (Å²) in [5.74, 6) is 0.156. The number of aldehydes is 1. The zero-order valence-electron chi connectivity index (χ0n) is 8.03. The topological polar surface area (TPSA) is 30.0 Å². The van der Waals surface area contributed by atoms with Gasteiger partial charge in [0.15, 0.2) is 6.29 Å². The van der Waals surface area contributed by atoms with Crippen molar-refractivity contribution in [3.05, 3.63) is 35.6 Å². The standard InChI is InChI=1S/C8H6BF3NO.K/c10-9(11,12)4-3-8-2-1-7(6-14)5-13-8;/h1-6H;/q-1;+1/b4-3+;. The van der Waals surface area contributed by atoms with Crippen LogP contribution in [0, 0.1) is 0 Å². The van der Waals surface area contributed by atoms with Crippen LogP contribution in [0.25, 0.3) is 6.08 Å². The number of hydrogen-bond donors (Lipinski definition) is 0. The third kappa shape index (κ3) is 6.26. The molecule has 0 unspecified atom stereocenters. The Morgan fingerprint density at radius 2 is 1.93 bits per heavy atom. The summed E-state index contributed by atoms with van der Waals surface area (Å²) in [6.45, 7) is -4.93. The molecular formula is C8H6BF3KNO. The number of nitrogens with zero attached hydrogens (tertiary/aromatic N) is 1. The maximum absolute atomic E-state index is 11.8. The van der Waals surface area contributed by atoms with Gasteiger partial charge in [-0.15, -0.1) is 5.98 Å². The predicted molar refractivity (Wildman–Crippen MR) is 47.7 cm³/mol. The van der Waals surface area contributed by atoms with Crippen LogP contribution in [0.15, 0.2) is 24.3 Å². The third-order valence-corrected chi connectivity index (χ3v) is 1.43. The smallest absolute Gasteiger partial charge is 0.445 e. The van der Waals surface area contributed by atoms with Gasteiger partial charge in [-0.3, -0.25) is 9.78 Å². The molecule has 0 aliphatic rings. The van der Waals surface area contributed by atoms with E-state index in [1.54, 1.807) is 0 Å². The van der Waals surface area contributed by atoms with Crippen LogP contribution >= 0.6 is 0 Å². The Hall–Kier alpha value is 0.0513. The average Bonchev–Trinajstić information content (AvgIpc) is 2.14. The SMILES string of the molecule is O=Cc1ccc(/C=C/[B-](F)(F)F)nc1.[K+]. The molecule has 1 aromatic rings. The van der Waals surface area contributed by atoms with Gasteiger partial charge >= 0.3 is 58.4 Å². The number of aromatic nitrogens is 1. The molecule has 1 aromatic heterocycles. The molecule has 15 heavy (non-hydrogen) atoms. The van der Waals surface area contributed by atoms with Crippen LogP contribution in [0.5, 0.6) is 0 Å². The van der Waals surface area contributed by atoms with Gasteiger partial charge in [-0.25, -0.2) is 0 Å². The molecular weight excluding hydrogens is 233 g/mol. The van der Waals surface area contributed by atoms with Crippen LogP contribution in [-0.2, 0) is 0 Å². The molecule has 0 bridgehead atoms. The van der Waals surface area contributed by atoms with Crippen LogP contribution in [0.2, 0.25) is 0 Å². The average molecular weight is 239 g/mol. The van der Waals surface area contributed by atoms with Crippen molar-refractivity contribution in [3.63, 3.8) is 0 Å². The molecule has 0 spiro atoms. The number of rotatable bonds is 3. The largest absolute Gasteiger partial charge is 1.00 e. The van der Waals surface area contributed by atoms with Gasteiger partial charge in [0.25, 0.3) is 0 Å². The summed E-state index contributed by atoms with van der Waals surface area (Å²) in [7, 11) is 0. The second-order valence-electron chi connectivity index (χ2n) is 2.62. The van der Waals surface area contributed by atoms with Crippen molar-refractivity contribution in [2.75, 3.05) is 0 Å². The predicted octanol–water partition coefficient (Wildman–Crippen LogP) is -0.702. The van der Waals surface area contributed by atoms with Crippen LogP contribution in [0.1, 0.15) is 16.1 Å². The monoisotopic (exact) mass is 239 g/mol. The number of carbonyl (C=O) groups excluding carboxylic acids is 1. The minimum absolute atomic E-state index is 0. The summed E-state index contributed by atoms with van der Waals surface area (Å²) < 4.78 is 35.3. The van der Waals surface area contributed by atoms with E-state index in [-0.39, 0.29) is 63.1 Å². The van der Waals surface area contributed by atoms with E-state index >= 15 is 0 Å². The van der Waals surface area contributed by atoms with Crippen molar-refractivity contribution >= 4 is 19.3 Å². The fraction of sp³-hybridized carbons (Fsp3) is 0. The normalized spacial score (nSPS) is 11.1. The molecule has 0 N–H and O–H groups in total. The van der Waals surface area contributed by atoms with E-state index in [1.165, 1.54) is 18.3 Å². The number of pyridine rings is 1. The zero-order chi connectivity index (χ0) is 10.6. The summed E-state index contributed by atoms with van der Waals surface area (Å²) in [5, 5.41) is 0. The molecule has 74 valence electrons. The molecule has 0 aliphatic carbocycles. The molecule has 1 heterocycles. The number of halogens is 3. The molecule has 0 saturated heterocycles. The first-order valence-electron chi connectivity index (χ1n) is 3.82. The summed E-state index contributed by atoms with van der Waals surface area (Å²) in [4.78, 5) is 13.8. The molecule has 2 nitrogen and oxygen atoms in total. The summed E-state index contributed by atoms with van der Waals surface area (Å²) >= 11 is 0. The van der Waals surface area contributed by atoms with Gasteiger partial charge in [0.05, 0.1) is 5.69 Å². The van der Waals surface area contributed by atoms with E-state index in [9.17, 15) is 17.7 Å². The maximum atomic E-state index is 11.8. The molecule has 0 aliphatic heterocycles. The fourth-order valence-corrected chi connectivity index (χ4v) is 0.793. The van der Waals surface area contributed by atoms with Crippen molar-refractivity contribution in [3.8, 4) is 0 Å². The van der Waals surface area contributed by atoms with Gasteiger partial charge in [-0.05, 0) is 12.1 Å². The van der Waals surface area contributed by atoms with Crippen molar-refractivity contribution in [1.29, 1.82) is 0 Å². The molecule has 0 atom stereocenters. The Labute approximate surface area is 127 Å². The third-order valence-electron chi connectivity index (χ3n) is 1.43. The van der Waals surface area contributed by atoms with E-state index in [0.29, 0.717) is 11.8 Å². The fourth-order valence-electron chi connectivity index (χ4n) is 0.793. The van der Waals surface area contributed by atoms with Crippen molar-refractivity contribution in [2.45, 2.75) is 0 Å². The Morgan fingerprint density at radius 1 is 1.27 bits per heavy atom.